The lowest BCUT2D eigenvalue weighted by Gasteiger charge is -2.14. The maximum atomic E-state index is 11.4. The molecule has 1 aromatic rings. The van der Waals surface area contributed by atoms with Gasteiger partial charge in [0.25, 0.3) is 9.05 Å². The van der Waals surface area contributed by atoms with E-state index in [2.05, 4.69) is 6.08 Å². The maximum absolute atomic E-state index is 11.4. The molecule has 1 aliphatic carbocycles. The Morgan fingerprint density at radius 2 is 1.88 bits per heavy atom. The normalized spacial score (nSPS) is 16.9. The van der Waals surface area contributed by atoms with Crippen LogP contribution in [0.2, 0.25) is 0 Å². The molecule has 4 heteroatoms. The Morgan fingerprint density at radius 3 is 2.50 bits per heavy atom. The lowest BCUT2D eigenvalue weighted by Crippen LogP contribution is -1.99. The summed E-state index contributed by atoms with van der Waals surface area (Å²) in [5.41, 5.74) is 1.86. The molecule has 0 spiro atoms. The van der Waals surface area contributed by atoms with Crippen molar-refractivity contribution in [1.82, 2.24) is 0 Å². The van der Waals surface area contributed by atoms with Gasteiger partial charge in [-0.15, -0.1) is 0 Å². The van der Waals surface area contributed by atoms with E-state index in [-0.39, 0.29) is 4.90 Å². The Hall–Kier alpha value is -0.800. The second-order valence-corrected chi connectivity index (χ2v) is 6.44. The lowest BCUT2D eigenvalue weighted by atomic mass is 9.94. The highest BCUT2D eigenvalue weighted by Gasteiger charge is 2.18. The van der Waals surface area contributed by atoms with Crippen LogP contribution in [0.1, 0.15) is 31.2 Å². The zero-order valence-corrected chi connectivity index (χ0v) is 10.4. The topological polar surface area (TPSA) is 34.1 Å². The van der Waals surface area contributed by atoms with Crippen molar-refractivity contribution in [3.8, 4) is 0 Å². The third kappa shape index (κ3) is 2.47. The van der Waals surface area contributed by atoms with E-state index in [4.69, 9.17) is 10.7 Å². The van der Waals surface area contributed by atoms with Crippen LogP contribution in [-0.4, -0.2) is 8.42 Å². The Bertz CT molecular complexity index is 518. The molecule has 0 bridgehead atoms. The van der Waals surface area contributed by atoms with Crippen molar-refractivity contribution < 1.29 is 8.42 Å². The molecule has 2 nitrogen and oxygen atoms in total. The van der Waals surface area contributed by atoms with Crippen LogP contribution in [0.3, 0.4) is 0 Å². The van der Waals surface area contributed by atoms with Gasteiger partial charge in [0.2, 0.25) is 0 Å². The standard InChI is InChI=1S/C12H13ClO2S/c13-16(14,15)12-9-5-4-8-11(12)10-6-2-1-3-7-10/h4-6,8-9H,1-3,7H2. The Morgan fingerprint density at radius 1 is 1.12 bits per heavy atom. The highest BCUT2D eigenvalue weighted by Crippen LogP contribution is 2.32. The maximum Gasteiger partial charge on any atom is 0.261 e. The number of allylic oxidation sites excluding steroid dienone is 2. The minimum absolute atomic E-state index is 0.227. The number of benzene rings is 1. The molecule has 0 N–H and O–H groups in total. The minimum Gasteiger partial charge on any atom is -0.207 e. The fraction of sp³-hybridized carbons (Fsp3) is 0.333. The summed E-state index contributed by atoms with van der Waals surface area (Å²) in [6, 6.07) is 6.93. The Balaban J connectivity index is 2.52. The van der Waals surface area contributed by atoms with Crippen molar-refractivity contribution in [2.45, 2.75) is 30.6 Å². The summed E-state index contributed by atoms with van der Waals surface area (Å²) in [7, 11) is 1.78. The molecule has 0 amide bonds. The molecule has 0 fully saturated rings. The van der Waals surface area contributed by atoms with Crippen molar-refractivity contribution in [3.05, 3.63) is 35.9 Å². The number of hydrogen-bond donors (Lipinski definition) is 0. The van der Waals surface area contributed by atoms with E-state index in [0.29, 0.717) is 0 Å². The van der Waals surface area contributed by atoms with Crippen molar-refractivity contribution in [2.24, 2.45) is 0 Å². The third-order valence-electron chi connectivity index (χ3n) is 2.79. The predicted octanol–water partition coefficient (Wildman–Crippen LogP) is 3.57. The van der Waals surface area contributed by atoms with Gasteiger partial charge in [-0.25, -0.2) is 8.42 Å². The van der Waals surface area contributed by atoms with Gasteiger partial charge in [0.05, 0.1) is 4.90 Å². The van der Waals surface area contributed by atoms with Gasteiger partial charge in [0.15, 0.2) is 0 Å². The summed E-state index contributed by atoms with van der Waals surface area (Å²) in [6.07, 6.45) is 6.36. The van der Waals surface area contributed by atoms with Crippen LogP contribution >= 0.6 is 10.7 Å². The molecule has 86 valence electrons. The molecular formula is C12H13ClO2S. The van der Waals surface area contributed by atoms with Gasteiger partial charge in [0, 0.05) is 10.7 Å². The summed E-state index contributed by atoms with van der Waals surface area (Å²) in [4.78, 5) is 0.227. The lowest BCUT2D eigenvalue weighted by molar-refractivity contribution is 0.609. The molecule has 0 saturated heterocycles. The predicted molar refractivity (Wildman–Crippen MR) is 65.9 cm³/mol. The van der Waals surface area contributed by atoms with Crippen LogP contribution in [0, 0.1) is 0 Å². The first kappa shape index (κ1) is 11.7. The van der Waals surface area contributed by atoms with Crippen LogP contribution in [0.5, 0.6) is 0 Å². The monoisotopic (exact) mass is 256 g/mol. The third-order valence-corrected chi connectivity index (χ3v) is 4.17. The average Bonchev–Trinajstić information content (AvgIpc) is 2.29. The largest absolute Gasteiger partial charge is 0.261 e. The minimum atomic E-state index is -3.65. The van der Waals surface area contributed by atoms with E-state index in [1.54, 1.807) is 12.1 Å². The molecule has 1 aromatic carbocycles. The van der Waals surface area contributed by atoms with E-state index in [1.807, 2.05) is 12.1 Å². The first-order valence-electron chi connectivity index (χ1n) is 5.32. The molecule has 0 radical (unpaired) electrons. The van der Waals surface area contributed by atoms with Crippen molar-refractivity contribution in [2.75, 3.05) is 0 Å². The van der Waals surface area contributed by atoms with Gasteiger partial charge in [-0.2, -0.15) is 0 Å². The summed E-state index contributed by atoms with van der Waals surface area (Å²) in [6.45, 7) is 0. The molecule has 0 aromatic heterocycles. The van der Waals surface area contributed by atoms with Crippen molar-refractivity contribution in [3.63, 3.8) is 0 Å². The molecule has 2 rings (SSSR count). The first-order valence-corrected chi connectivity index (χ1v) is 7.63. The molecule has 0 unspecified atom stereocenters. The zero-order valence-electron chi connectivity index (χ0n) is 8.82. The summed E-state index contributed by atoms with van der Waals surface area (Å²) < 4.78 is 22.9. The fourth-order valence-corrected chi connectivity index (χ4v) is 3.13. The van der Waals surface area contributed by atoms with E-state index < -0.39 is 9.05 Å². The Labute approximate surface area is 100 Å². The molecule has 1 aliphatic rings. The van der Waals surface area contributed by atoms with E-state index in [0.717, 1.165) is 30.4 Å². The van der Waals surface area contributed by atoms with Gasteiger partial charge in [0.1, 0.15) is 0 Å². The van der Waals surface area contributed by atoms with Gasteiger partial charge >= 0.3 is 0 Å². The van der Waals surface area contributed by atoms with Crippen LogP contribution < -0.4 is 0 Å². The highest BCUT2D eigenvalue weighted by atomic mass is 35.7. The van der Waals surface area contributed by atoms with Gasteiger partial charge < -0.3 is 0 Å². The van der Waals surface area contributed by atoms with E-state index >= 15 is 0 Å². The second-order valence-electron chi connectivity index (χ2n) is 3.91. The van der Waals surface area contributed by atoms with E-state index in [9.17, 15) is 8.42 Å². The van der Waals surface area contributed by atoms with Crippen LogP contribution in [0.4, 0.5) is 0 Å². The van der Waals surface area contributed by atoms with Gasteiger partial charge in [-0.3, -0.25) is 0 Å². The van der Waals surface area contributed by atoms with Crippen LogP contribution in [0.15, 0.2) is 35.2 Å². The molecule has 16 heavy (non-hydrogen) atoms. The molecule has 0 aliphatic heterocycles. The smallest absolute Gasteiger partial charge is 0.207 e. The Kier molecular flexibility index (Phi) is 3.36. The molecular weight excluding hydrogens is 244 g/mol. The number of rotatable bonds is 2. The summed E-state index contributed by atoms with van der Waals surface area (Å²) >= 11 is 0. The van der Waals surface area contributed by atoms with Crippen LogP contribution in [0.25, 0.3) is 5.57 Å². The fourth-order valence-electron chi connectivity index (χ4n) is 2.03. The number of hydrogen-bond acceptors (Lipinski definition) is 2. The quantitative estimate of drug-likeness (QED) is 0.758. The number of halogens is 1. The average molecular weight is 257 g/mol. The van der Waals surface area contributed by atoms with Crippen molar-refractivity contribution >= 4 is 25.3 Å². The van der Waals surface area contributed by atoms with Gasteiger partial charge in [-0.1, -0.05) is 24.3 Å². The molecule has 0 atom stereocenters. The molecule has 0 saturated carbocycles. The summed E-state index contributed by atoms with van der Waals surface area (Å²) in [5.74, 6) is 0. The first-order chi connectivity index (χ1) is 7.59. The zero-order chi connectivity index (χ0) is 11.6. The van der Waals surface area contributed by atoms with Gasteiger partial charge in [-0.05, 0) is 42.9 Å². The van der Waals surface area contributed by atoms with Crippen LogP contribution in [-0.2, 0) is 9.05 Å². The van der Waals surface area contributed by atoms with E-state index in [1.165, 1.54) is 6.42 Å². The second kappa shape index (κ2) is 4.60. The SMILES string of the molecule is O=S(=O)(Cl)c1ccccc1C1=CCCCC1. The summed E-state index contributed by atoms with van der Waals surface area (Å²) in [5, 5.41) is 0. The van der Waals surface area contributed by atoms with Crippen molar-refractivity contribution in [1.29, 1.82) is 0 Å². The highest BCUT2D eigenvalue weighted by molar-refractivity contribution is 8.13. The molecule has 0 heterocycles.